The minimum absolute atomic E-state index is 0.624. The first-order valence-corrected chi connectivity index (χ1v) is 7.92. The maximum atomic E-state index is 4.26. The van der Waals surface area contributed by atoms with Gasteiger partial charge < -0.3 is 5.32 Å². The molecule has 0 aromatic carbocycles. The summed E-state index contributed by atoms with van der Waals surface area (Å²) in [7, 11) is 1.99. The van der Waals surface area contributed by atoms with Crippen molar-refractivity contribution in [1.29, 1.82) is 0 Å². The molecule has 0 amide bonds. The van der Waals surface area contributed by atoms with Gasteiger partial charge in [-0.05, 0) is 23.8 Å². The average Bonchev–Trinajstić information content (AvgIpc) is 2.81. The van der Waals surface area contributed by atoms with Crippen molar-refractivity contribution in [3.05, 3.63) is 18.0 Å². The van der Waals surface area contributed by atoms with Crippen LogP contribution in [0, 0.1) is 11.8 Å². The fraction of sp³-hybridized carbons (Fsp3) is 0.812. The lowest BCUT2D eigenvalue weighted by atomic mass is 9.94. The van der Waals surface area contributed by atoms with E-state index in [1.807, 2.05) is 17.9 Å². The van der Waals surface area contributed by atoms with Crippen molar-refractivity contribution in [2.45, 2.75) is 46.2 Å². The van der Waals surface area contributed by atoms with Gasteiger partial charge in [0.2, 0.25) is 0 Å². The molecule has 1 N–H and O–H groups in total. The van der Waals surface area contributed by atoms with Gasteiger partial charge in [-0.25, -0.2) is 0 Å². The summed E-state index contributed by atoms with van der Waals surface area (Å²) in [5.74, 6) is 1.40. The quantitative estimate of drug-likeness (QED) is 0.893. The van der Waals surface area contributed by atoms with E-state index in [2.05, 4.69) is 49.2 Å². The lowest BCUT2D eigenvalue weighted by Crippen LogP contribution is -2.59. The van der Waals surface area contributed by atoms with E-state index in [-0.39, 0.29) is 0 Å². The van der Waals surface area contributed by atoms with Crippen LogP contribution in [-0.4, -0.2) is 46.4 Å². The molecule has 1 aliphatic heterocycles. The van der Waals surface area contributed by atoms with Crippen molar-refractivity contribution < 1.29 is 0 Å². The maximum absolute atomic E-state index is 4.26. The largest absolute Gasteiger partial charge is 0.311 e. The molecular weight excluding hydrogens is 248 g/mol. The molecule has 2 unspecified atom stereocenters. The van der Waals surface area contributed by atoms with Crippen LogP contribution < -0.4 is 5.32 Å². The van der Waals surface area contributed by atoms with Crippen LogP contribution in [0.2, 0.25) is 0 Å². The Morgan fingerprint density at radius 2 is 2.05 bits per heavy atom. The van der Waals surface area contributed by atoms with Crippen LogP contribution in [0.5, 0.6) is 0 Å². The second kappa shape index (κ2) is 6.72. The number of piperazine rings is 1. The molecule has 20 heavy (non-hydrogen) atoms. The van der Waals surface area contributed by atoms with E-state index in [9.17, 15) is 0 Å². The lowest BCUT2D eigenvalue weighted by Gasteiger charge is -2.43. The number of aryl methyl sites for hydroxylation is 1. The first kappa shape index (κ1) is 15.5. The summed E-state index contributed by atoms with van der Waals surface area (Å²) in [6.45, 7) is 12.7. The third kappa shape index (κ3) is 3.83. The number of rotatable bonds is 5. The van der Waals surface area contributed by atoms with Gasteiger partial charge in [0.05, 0.1) is 6.20 Å². The van der Waals surface area contributed by atoms with E-state index in [4.69, 9.17) is 0 Å². The Morgan fingerprint density at radius 3 is 2.60 bits per heavy atom. The van der Waals surface area contributed by atoms with Gasteiger partial charge in [-0.15, -0.1) is 0 Å². The maximum Gasteiger partial charge on any atom is 0.0522 e. The Bertz CT molecular complexity index is 410. The standard InChI is InChI=1S/C16H30N4/c1-12(2)15-11-20(16(9-17-15)13(3)4)7-6-14-8-18-19(5)10-14/h8,10,12-13,15-17H,6-7,9,11H2,1-5H3. The number of aromatic nitrogens is 2. The Kier molecular flexibility index (Phi) is 5.22. The number of hydrogen-bond donors (Lipinski definition) is 1. The molecule has 0 saturated carbocycles. The van der Waals surface area contributed by atoms with Crippen LogP contribution in [0.25, 0.3) is 0 Å². The van der Waals surface area contributed by atoms with Crippen LogP contribution in [0.4, 0.5) is 0 Å². The lowest BCUT2D eigenvalue weighted by molar-refractivity contribution is 0.0864. The third-order valence-corrected chi connectivity index (χ3v) is 4.51. The molecule has 1 fully saturated rings. The van der Waals surface area contributed by atoms with Crippen molar-refractivity contribution >= 4 is 0 Å². The minimum atomic E-state index is 0.624. The molecule has 2 rings (SSSR count). The van der Waals surface area contributed by atoms with E-state index >= 15 is 0 Å². The summed E-state index contributed by atoms with van der Waals surface area (Å²) < 4.78 is 1.89. The van der Waals surface area contributed by atoms with E-state index in [0.717, 1.165) is 19.5 Å². The van der Waals surface area contributed by atoms with Crippen LogP contribution in [0.15, 0.2) is 12.4 Å². The molecular formula is C16H30N4. The number of nitrogens with one attached hydrogen (secondary N) is 1. The zero-order valence-electron chi connectivity index (χ0n) is 13.6. The minimum Gasteiger partial charge on any atom is -0.311 e. The Hall–Kier alpha value is -0.870. The van der Waals surface area contributed by atoms with Crippen molar-refractivity contribution in [1.82, 2.24) is 20.0 Å². The van der Waals surface area contributed by atoms with Crippen molar-refractivity contribution in [3.8, 4) is 0 Å². The van der Waals surface area contributed by atoms with Crippen molar-refractivity contribution in [3.63, 3.8) is 0 Å². The molecule has 1 saturated heterocycles. The molecule has 1 aliphatic rings. The third-order valence-electron chi connectivity index (χ3n) is 4.51. The fourth-order valence-corrected chi connectivity index (χ4v) is 3.09. The molecule has 2 atom stereocenters. The molecule has 2 heterocycles. The van der Waals surface area contributed by atoms with Crippen LogP contribution in [0.1, 0.15) is 33.3 Å². The fourth-order valence-electron chi connectivity index (χ4n) is 3.09. The van der Waals surface area contributed by atoms with Gasteiger partial charge in [-0.1, -0.05) is 27.7 Å². The van der Waals surface area contributed by atoms with Crippen LogP contribution >= 0.6 is 0 Å². The Labute approximate surface area is 123 Å². The Morgan fingerprint density at radius 1 is 1.30 bits per heavy atom. The zero-order chi connectivity index (χ0) is 14.7. The van der Waals surface area contributed by atoms with Crippen LogP contribution in [0.3, 0.4) is 0 Å². The Balaban J connectivity index is 1.96. The number of nitrogens with zero attached hydrogens (tertiary/aromatic N) is 3. The van der Waals surface area contributed by atoms with E-state index in [1.54, 1.807) is 0 Å². The van der Waals surface area contributed by atoms with Gasteiger partial charge in [0, 0.05) is 45.0 Å². The first-order valence-electron chi connectivity index (χ1n) is 7.92. The van der Waals surface area contributed by atoms with Gasteiger partial charge in [0.1, 0.15) is 0 Å². The molecule has 0 bridgehead atoms. The van der Waals surface area contributed by atoms with Gasteiger partial charge >= 0.3 is 0 Å². The SMILES string of the molecule is CC(C)C1CN(CCc2cnn(C)c2)C(C(C)C)CN1. The molecule has 1 aromatic rings. The van der Waals surface area contributed by atoms with Gasteiger partial charge in [-0.3, -0.25) is 9.58 Å². The summed E-state index contributed by atoms with van der Waals surface area (Å²) in [6, 6.07) is 1.28. The van der Waals surface area contributed by atoms with Crippen LogP contribution in [-0.2, 0) is 13.5 Å². The first-order chi connectivity index (χ1) is 9.47. The normalized spacial score (nSPS) is 24.8. The highest BCUT2D eigenvalue weighted by atomic mass is 15.2. The zero-order valence-corrected chi connectivity index (χ0v) is 13.6. The molecule has 114 valence electrons. The summed E-state index contributed by atoms with van der Waals surface area (Å²) in [6.07, 6.45) is 5.22. The van der Waals surface area contributed by atoms with E-state index < -0.39 is 0 Å². The predicted molar refractivity (Wildman–Crippen MR) is 83.7 cm³/mol. The van der Waals surface area contributed by atoms with E-state index in [1.165, 1.54) is 12.1 Å². The van der Waals surface area contributed by atoms with E-state index in [0.29, 0.717) is 23.9 Å². The highest BCUT2D eigenvalue weighted by Crippen LogP contribution is 2.18. The molecule has 4 heteroatoms. The second-order valence-electron chi connectivity index (χ2n) is 6.84. The molecule has 4 nitrogen and oxygen atoms in total. The van der Waals surface area contributed by atoms with Gasteiger partial charge in [0.25, 0.3) is 0 Å². The van der Waals surface area contributed by atoms with Gasteiger partial charge in [0.15, 0.2) is 0 Å². The second-order valence-corrected chi connectivity index (χ2v) is 6.84. The summed E-state index contributed by atoms with van der Waals surface area (Å²) in [5, 5.41) is 7.99. The molecule has 0 spiro atoms. The number of hydrogen-bond acceptors (Lipinski definition) is 3. The van der Waals surface area contributed by atoms with Crippen molar-refractivity contribution in [2.75, 3.05) is 19.6 Å². The predicted octanol–water partition coefficient (Wildman–Crippen LogP) is 1.92. The smallest absolute Gasteiger partial charge is 0.0522 e. The van der Waals surface area contributed by atoms with Crippen molar-refractivity contribution in [2.24, 2.45) is 18.9 Å². The molecule has 1 aromatic heterocycles. The topological polar surface area (TPSA) is 33.1 Å². The highest BCUT2D eigenvalue weighted by Gasteiger charge is 2.30. The summed E-state index contributed by atoms with van der Waals surface area (Å²) in [4.78, 5) is 2.68. The average molecular weight is 278 g/mol. The molecule has 0 aliphatic carbocycles. The highest BCUT2D eigenvalue weighted by molar-refractivity contribution is 5.04. The summed E-state index contributed by atoms with van der Waals surface area (Å²) in [5.41, 5.74) is 1.34. The monoisotopic (exact) mass is 278 g/mol. The van der Waals surface area contributed by atoms with Gasteiger partial charge in [-0.2, -0.15) is 5.10 Å². The molecule has 0 radical (unpaired) electrons. The summed E-state index contributed by atoms with van der Waals surface area (Å²) >= 11 is 0.